The molecule has 1 aliphatic rings. The highest BCUT2D eigenvalue weighted by molar-refractivity contribution is 5.91. The summed E-state index contributed by atoms with van der Waals surface area (Å²) < 4.78 is 43.0. The highest BCUT2D eigenvalue weighted by Gasteiger charge is 2.62. The number of aryl methyl sites for hydroxylation is 2. The van der Waals surface area contributed by atoms with Gasteiger partial charge in [0.25, 0.3) is 0 Å². The number of hydrogen-bond acceptors (Lipinski definition) is 5. The van der Waals surface area contributed by atoms with Crippen LogP contribution >= 0.6 is 0 Å². The van der Waals surface area contributed by atoms with E-state index in [0.29, 0.717) is 46.4 Å². The van der Waals surface area contributed by atoms with E-state index in [-0.39, 0.29) is 11.3 Å². The summed E-state index contributed by atoms with van der Waals surface area (Å²) in [5.41, 5.74) is -0.644. The fourth-order valence-corrected chi connectivity index (χ4v) is 4.74. The largest absolute Gasteiger partial charge is 0.507 e. The summed E-state index contributed by atoms with van der Waals surface area (Å²) in [5.74, 6) is -0.0586. The molecule has 0 amide bonds. The molecule has 3 atom stereocenters. The van der Waals surface area contributed by atoms with Gasteiger partial charge in [-0.05, 0) is 55.4 Å². The molecule has 0 saturated heterocycles. The first kappa shape index (κ1) is 22.3. The molecule has 0 aliphatic heterocycles. The van der Waals surface area contributed by atoms with Crippen molar-refractivity contribution in [2.75, 3.05) is 5.32 Å². The molecule has 0 spiro atoms. The number of nitrogens with zero attached hydrogens (tertiary/aromatic N) is 2. The third-order valence-corrected chi connectivity index (χ3v) is 6.50. The molecule has 170 valence electrons. The van der Waals surface area contributed by atoms with Crippen LogP contribution in [0.4, 0.5) is 18.9 Å². The van der Waals surface area contributed by atoms with Crippen LogP contribution in [0.25, 0.3) is 10.9 Å². The van der Waals surface area contributed by atoms with Crippen LogP contribution in [0.5, 0.6) is 5.75 Å². The Morgan fingerprint density at radius 3 is 2.59 bits per heavy atom. The van der Waals surface area contributed by atoms with Crippen LogP contribution in [0.15, 0.2) is 36.5 Å². The first-order valence-electron chi connectivity index (χ1n) is 10.7. The van der Waals surface area contributed by atoms with Gasteiger partial charge in [0.1, 0.15) is 11.6 Å². The van der Waals surface area contributed by atoms with Crippen molar-refractivity contribution in [3.8, 4) is 5.75 Å². The Kier molecular flexibility index (Phi) is 5.53. The van der Waals surface area contributed by atoms with Gasteiger partial charge in [-0.3, -0.25) is 0 Å². The quantitative estimate of drug-likeness (QED) is 0.491. The number of fused-ring (bicyclic) bond motifs is 2. The number of alkyl halides is 3. The van der Waals surface area contributed by atoms with E-state index in [2.05, 4.69) is 15.3 Å². The molecule has 8 heteroatoms. The second-order valence-corrected chi connectivity index (χ2v) is 8.39. The van der Waals surface area contributed by atoms with Gasteiger partial charge in [-0.15, -0.1) is 0 Å². The number of phenols is 1. The van der Waals surface area contributed by atoms with Crippen molar-refractivity contribution in [3.05, 3.63) is 59.0 Å². The summed E-state index contributed by atoms with van der Waals surface area (Å²) >= 11 is 0. The van der Waals surface area contributed by atoms with Crippen molar-refractivity contribution in [1.29, 1.82) is 0 Å². The molecule has 4 rings (SSSR count). The van der Waals surface area contributed by atoms with E-state index in [1.165, 1.54) is 0 Å². The Morgan fingerprint density at radius 1 is 1.19 bits per heavy atom. The second kappa shape index (κ2) is 7.92. The van der Waals surface area contributed by atoms with Crippen LogP contribution in [-0.2, 0) is 6.42 Å². The number of halogens is 3. The average molecular weight is 445 g/mol. The Morgan fingerprint density at radius 2 is 1.94 bits per heavy atom. The van der Waals surface area contributed by atoms with Crippen molar-refractivity contribution in [2.45, 2.75) is 63.8 Å². The lowest BCUT2D eigenvalue weighted by molar-refractivity contribution is -0.272. The van der Waals surface area contributed by atoms with Crippen LogP contribution in [0.2, 0.25) is 0 Å². The van der Waals surface area contributed by atoms with E-state index in [4.69, 9.17) is 0 Å². The molecule has 1 heterocycles. The Bertz CT molecular complexity index is 1170. The molecule has 3 aromatic rings. The van der Waals surface area contributed by atoms with Crippen LogP contribution in [-0.4, -0.2) is 32.0 Å². The third kappa shape index (κ3) is 3.46. The van der Waals surface area contributed by atoms with E-state index in [0.717, 1.165) is 0 Å². The molecule has 5 nitrogen and oxygen atoms in total. The SMILES string of the molecule is CCc1ccc2c(c1O)C(CC)CC(O)(C(F)(F)F)C2Nc1cccc2nc(C)ncc12. The fourth-order valence-electron chi connectivity index (χ4n) is 4.74. The van der Waals surface area contributed by atoms with Gasteiger partial charge < -0.3 is 15.5 Å². The Balaban J connectivity index is 1.93. The number of aromatic nitrogens is 2. The summed E-state index contributed by atoms with van der Waals surface area (Å²) in [6, 6.07) is 6.81. The Labute approximate surface area is 184 Å². The maximum absolute atomic E-state index is 14.3. The summed E-state index contributed by atoms with van der Waals surface area (Å²) in [4.78, 5) is 8.52. The van der Waals surface area contributed by atoms with Crippen LogP contribution < -0.4 is 5.32 Å². The van der Waals surface area contributed by atoms with Gasteiger partial charge in [-0.25, -0.2) is 9.97 Å². The van der Waals surface area contributed by atoms with E-state index < -0.39 is 30.2 Å². The lowest BCUT2D eigenvalue weighted by Crippen LogP contribution is -2.55. The normalized spacial score (nSPS) is 23.2. The molecule has 0 fully saturated rings. The topological polar surface area (TPSA) is 78.3 Å². The minimum absolute atomic E-state index is 0.0183. The highest BCUT2D eigenvalue weighted by Crippen LogP contribution is 2.55. The zero-order valence-electron chi connectivity index (χ0n) is 18.2. The van der Waals surface area contributed by atoms with E-state index in [1.54, 1.807) is 50.4 Å². The maximum atomic E-state index is 14.3. The molecule has 1 aromatic heterocycles. The zero-order valence-corrected chi connectivity index (χ0v) is 18.2. The summed E-state index contributed by atoms with van der Waals surface area (Å²) in [6.07, 6.45) is -2.95. The Hall–Kier alpha value is -2.87. The van der Waals surface area contributed by atoms with E-state index in [1.807, 2.05) is 6.92 Å². The number of aliphatic hydroxyl groups is 1. The minimum atomic E-state index is -4.88. The van der Waals surface area contributed by atoms with E-state index >= 15 is 0 Å². The lowest BCUT2D eigenvalue weighted by Gasteiger charge is -2.46. The third-order valence-electron chi connectivity index (χ3n) is 6.50. The molecule has 2 aromatic carbocycles. The van der Waals surface area contributed by atoms with Crippen molar-refractivity contribution in [1.82, 2.24) is 9.97 Å². The molecular formula is C24H26F3N3O2. The zero-order chi connectivity index (χ0) is 23.3. The minimum Gasteiger partial charge on any atom is -0.507 e. The van der Waals surface area contributed by atoms with Crippen LogP contribution in [0.3, 0.4) is 0 Å². The van der Waals surface area contributed by atoms with Crippen LogP contribution in [0, 0.1) is 6.92 Å². The average Bonchev–Trinajstić information content (AvgIpc) is 2.74. The lowest BCUT2D eigenvalue weighted by atomic mass is 9.68. The summed E-state index contributed by atoms with van der Waals surface area (Å²) in [7, 11) is 0. The smallest absolute Gasteiger partial charge is 0.419 e. The number of phenolic OH excluding ortho intramolecular Hbond substituents is 1. The maximum Gasteiger partial charge on any atom is 0.419 e. The van der Waals surface area contributed by atoms with Crippen molar-refractivity contribution in [3.63, 3.8) is 0 Å². The number of nitrogens with one attached hydrogen (secondary N) is 1. The molecule has 1 aliphatic carbocycles. The predicted octanol–water partition coefficient (Wildman–Crippen LogP) is 5.55. The molecular weight excluding hydrogens is 419 g/mol. The first-order chi connectivity index (χ1) is 15.1. The number of hydrogen-bond donors (Lipinski definition) is 3. The first-order valence-corrected chi connectivity index (χ1v) is 10.7. The van der Waals surface area contributed by atoms with Gasteiger partial charge >= 0.3 is 6.18 Å². The second-order valence-electron chi connectivity index (χ2n) is 8.39. The molecule has 3 unspecified atom stereocenters. The van der Waals surface area contributed by atoms with E-state index in [9.17, 15) is 23.4 Å². The predicted molar refractivity (Wildman–Crippen MR) is 117 cm³/mol. The van der Waals surface area contributed by atoms with Gasteiger partial charge in [0.05, 0.1) is 11.6 Å². The molecule has 3 N–H and O–H groups in total. The molecule has 0 radical (unpaired) electrons. The fraction of sp³-hybridized carbons (Fsp3) is 0.417. The molecule has 32 heavy (non-hydrogen) atoms. The molecule has 0 bridgehead atoms. The van der Waals surface area contributed by atoms with Gasteiger partial charge in [-0.1, -0.05) is 32.0 Å². The standard InChI is InChI=1S/C24H26F3N3O2/c1-4-14-9-10-16-20(21(14)31)15(5-2)11-23(32,24(25,26)27)22(16)30-19-8-6-7-18-17(19)12-28-13(3)29-18/h6-10,12,15,22,30-32H,4-5,11H2,1-3H3. The van der Waals surface area contributed by atoms with Crippen molar-refractivity contribution < 1.29 is 23.4 Å². The van der Waals surface area contributed by atoms with Crippen molar-refractivity contribution in [2.24, 2.45) is 0 Å². The van der Waals surface area contributed by atoms with Crippen LogP contribution in [0.1, 0.15) is 61.2 Å². The van der Waals surface area contributed by atoms with Gasteiger partial charge in [-0.2, -0.15) is 13.2 Å². The highest BCUT2D eigenvalue weighted by atomic mass is 19.4. The summed E-state index contributed by atoms with van der Waals surface area (Å²) in [5, 5.41) is 25.5. The number of benzene rings is 2. The monoisotopic (exact) mass is 445 g/mol. The van der Waals surface area contributed by atoms with Gasteiger partial charge in [0, 0.05) is 22.8 Å². The van der Waals surface area contributed by atoms with Crippen molar-refractivity contribution >= 4 is 16.6 Å². The molecule has 0 saturated carbocycles. The number of aromatic hydroxyl groups is 1. The number of rotatable bonds is 4. The van der Waals surface area contributed by atoms with Gasteiger partial charge in [0.15, 0.2) is 5.60 Å². The number of anilines is 1. The van der Waals surface area contributed by atoms with Gasteiger partial charge in [0.2, 0.25) is 0 Å². The summed E-state index contributed by atoms with van der Waals surface area (Å²) in [6.45, 7) is 5.38.